The summed E-state index contributed by atoms with van der Waals surface area (Å²) >= 11 is 0. The maximum atomic E-state index is 13.2. The van der Waals surface area contributed by atoms with E-state index in [0.717, 1.165) is 24.8 Å². The van der Waals surface area contributed by atoms with E-state index >= 15 is 0 Å². The van der Waals surface area contributed by atoms with Gasteiger partial charge in [0.15, 0.2) is 17.9 Å². The molecule has 1 N–H and O–H groups in total. The predicted octanol–water partition coefficient (Wildman–Crippen LogP) is 4.60. The van der Waals surface area contributed by atoms with Gasteiger partial charge >= 0.3 is 0 Å². The minimum atomic E-state index is -1.16. The summed E-state index contributed by atoms with van der Waals surface area (Å²) in [5.41, 5.74) is 0.937. The van der Waals surface area contributed by atoms with E-state index < -0.39 is 11.6 Å². The number of halogens is 1. The Morgan fingerprint density at radius 3 is 2.64 bits per heavy atom. The number of hydrogen-bond acceptors (Lipinski definition) is 4. The third-order valence-electron chi connectivity index (χ3n) is 8.05. The second kappa shape index (κ2) is 6.24. The fraction of sp³-hybridized carbons (Fsp3) is 0.739. The molecule has 2 saturated carbocycles. The smallest absolute Gasteiger partial charge is 0.181 e. The van der Waals surface area contributed by atoms with Gasteiger partial charge in [0.1, 0.15) is 5.82 Å². The molecule has 4 fully saturated rings. The van der Waals surface area contributed by atoms with Crippen LogP contribution >= 0.6 is 0 Å². The van der Waals surface area contributed by atoms with Gasteiger partial charge in [0, 0.05) is 24.2 Å². The lowest BCUT2D eigenvalue weighted by Crippen LogP contribution is -2.54. The first-order chi connectivity index (χ1) is 13.3. The van der Waals surface area contributed by atoms with Crippen molar-refractivity contribution in [3.63, 3.8) is 0 Å². The van der Waals surface area contributed by atoms with Crippen LogP contribution in [0.15, 0.2) is 24.3 Å². The van der Waals surface area contributed by atoms with Crippen molar-refractivity contribution in [1.29, 1.82) is 0 Å². The molecule has 2 saturated heterocycles. The monoisotopic (exact) mass is 390 g/mol. The summed E-state index contributed by atoms with van der Waals surface area (Å²) in [4.78, 5) is 0. The SMILES string of the molecule is C[C@H]1C(OCc2ccc(F)cc2)O[C@]23C[C@]24C1CC[C@@H](C)C4CC[C@@](C)(O)O3. The highest BCUT2D eigenvalue weighted by Crippen LogP contribution is 2.78. The highest BCUT2D eigenvalue weighted by Gasteiger charge is 2.83. The van der Waals surface area contributed by atoms with Gasteiger partial charge in [0.2, 0.25) is 0 Å². The van der Waals surface area contributed by atoms with Gasteiger partial charge in [0.25, 0.3) is 0 Å². The van der Waals surface area contributed by atoms with Crippen molar-refractivity contribution in [3.8, 4) is 0 Å². The molecule has 28 heavy (non-hydrogen) atoms. The maximum Gasteiger partial charge on any atom is 0.181 e. The molecule has 2 heterocycles. The number of ether oxygens (including phenoxy) is 3. The van der Waals surface area contributed by atoms with Gasteiger partial charge in [-0.3, -0.25) is 0 Å². The number of rotatable bonds is 3. The molecule has 8 atom stereocenters. The molecule has 0 aromatic heterocycles. The van der Waals surface area contributed by atoms with E-state index in [1.165, 1.54) is 18.6 Å². The zero-order chi connectivity index (χ0) is 19.7. The lowest BCUT2D eigenvalue weighted by atomic mass is 9.58. The van der Waals surface area contributed by atoms with Crippen LogP contribution in [0.25, 0.3) is 0 Å². The Labute approximate surface area is 166 Å². The van der Waals surface area contributed by atoms with Gasteiger partial charge in [-0.25, -0.2) is 4.39 Å². The molecule has 2 aliphatic carbocycles. The lowest BCUT2D eigenvalue weighted by Gasteiger charge is -2.51. The molecule has 2 aliphatic heterocycles. The maximum absolute atomic E-state index is 13.2. The summed E-state index contributed by atoms with van der Waals surface area (Å²) in [6, 6.07) is 6.39. The normalized spacial score (nSPS) is 49.7. The van der Waals surface area contributed by atoms with Crippen LogP contribution in [0.3, 0.4) is 0 Å². The van der Waals surface area contributed by atoms with Crippen molar-refractivity contribution in [3.05, 3.63) is 35.6 Å². The second-order valence-electron chi connectivity index (χ2n) is 9.84. The molecule has 1 aromatic carbocycles. The zero-order valence-corrected chi connectivity index (χ0v) is 17.0. The average molecular weight is 390 g/mol. The van der Waals surface area contributed by atoms with Crippen LogP contribution in [0.5, 0.6) is 0 Å². The molecular weight excluding hydrogens is 359 g/mol. The quantitative estimate of drug-likeness (QED) is 0.819. The summed E-state index contributed by atoms with van der Waals surface area (Å²) in [7, 11) is 0. The molecular formula is C23H31FO4. The lowest BCUT2D eigenvalue weighted by molar-refractivity contribution is -0.379. The summed E-state index contributed by atoms with van der Waals surface area (Å²) in [6.45, 7) is 6.72. The molecule has 1 aromatic rings. The van der Waals surface area contributed by atoms with E-state index in [2.05, 4.69) is 13.8 Å². The number of hydrogen-bond donors (Lipinski definition) is 1. The molecule has 0 amide bonds. The Hall–Kier alpha value is -1.01. The Kier molecular flexibility index (Phi) is 4.23. The molecule has 3 unspecified atom stereocenters. The first-order valence-corrected chi connectivity index (χ1v) is 10.7. The van der Waals surface area contributed by atoms with Crippen LogP contribution in [0.2, 0.25) is 0 Å². The number of benzene rings is 1. The van der Waals surface area contributed by atoms with E-state index in [9.17, 15) is 9.50 Å². The minimum absolute atomic E-state index is 0.0142. The van der Waals surface area contributed by atoms with Crippen molar-refractivity contribution >= 4 is 0 Å². The molecule has 0 bridgehead atoms. The molecule has 4 aliphatic rings. The predicted molar refractivity (Wildman–Crippen MR) is 101 cm³/mol. The fourth-order valence-corrected chi connectivity index (χ4v) is 6.69. The molecule has 1 spiro atoms. The van der Waals surface area contributed by atoms with Crippen LogP contribution in [-0.2, 0) is 20.8 Å². The van der Waals surface area contributed by atoms with E-state index in [0.29, 0.717) is 30.8 Å². The summed E-state index contributed by atoms with van der Waals surface area (Å²) in [5.74, 6) is -0.232. The van der Waals surface area contributed by atoms with E-state index in [1.807, 2.05) is 0 Å². The topological polar surface area (TPSA) is 47.9 Å². The third kappa shape index (κ3) is 2.70. The van der Waals surface area contributed by atoms with Crippen LogP contribution in [0.1, 0.15) is 58.4 Å². The van der Waals surface area contributed by atoms with Gasteiger partial charge < -0.3 is 19.3 Å². The van der Waals surface area contributed by atoms with E-state index in [1.54, 1.807) is 19.1 Å². The van der Waals surface area contributed by atoms with Crippen LogP contribution in [-0.4, -0.2) is 23.0 Å². The van der Waals surface area contributed by atoms with Crippen molar-refractivity contribution in [1.82, 2.24) is 0 Å². The summed E-state index contributed by atoms with van der Waals surface area (Å²) < 4.78 is 32.2. The molecule has 5 rings (SSSR count). The zero-order valence-electron chi connectivity index (χ0n) is 17.0. The summed E-state index contributed by atoms with van der Waals surface area (Å²) in [6.07, 6.45) is 4.49. The molecule has 4 nitrogen and oxygen atoms in total. The first-order valence-electron chi connectivity index (χ1n) is 10.7. The van der Waals surface area contributed by atoms with Crippen LogP contribution in [0, 0.1) is 34.9 Å². The molecule has 154 valence electrons. The van der Waals surface area contributed by atoms with Crippen LogP contribution in [0.4, 0.5) is 4.39 Å². The van der Waals surface area contributed by atoms with Crippen molar-refractivity contribution in [2.24, 2.45) is 29.1 Å². The Morgan fingerprint density at radius 1 is 1.14 bits per heavy atom. The standard InChI is InChI=1S/C23H31FO4/c1-14-4-9-19-15(2)20(26-12-16-5-7-17(24)8-6-16)27-23-13-22(19,23)18(14)10-11-21(3,25)28-23/h5-8,14-15,18-20,25H,4,9-13H2,1-3H3/t14-,15-,18?,19?,20?,21+,22+,23+/m1/s1. The molecule has 0 radical (unpaired) electrons. The highest BCUT2D eigenvalue weighted by molar-refractivity contribution is 5.24. The van der Waals surface area contributed by atoms with Crippen molar-refractivity contribution in [2.45, 2.75) is 77.3 Å². The van der Waals surface area contributed by atoms with Crippen molar-refractivity contribution < 1.29 is 23.7 Å². The Morgan fingerprint density at radius 2 is 1.89 bits per heavy atom. The van der Waals surface area contributed by atoms with Gasteiger partial charge in [0.05, 0.1) is 6.61 Å². The van der Waals surface area contributed by atoms with Gasteiger partial charge in [-0.15, -0.1) is 0 Å². The number of aliphatic hydroxyl groups is 1. The third-order valence-corrected chi connectivity index (χ3v) is 8.05. The van der Waals surface area contributed by atoms with Crippen molar-refractivity contribution in [2.75, 3.05) is 0 Å². The second-order valence-corrected chi connectivity index (χ2v) is 9.84. The van der Waals surface area contributed by atoms with Gasteiger partial charge in [-0.05, 0) is 55.2 Å². The average Bonchev–Trinajstić information content (AvgIpc) is 3.27. The summed E-state index contributed by atoms with van der Waals surface area (Å²) in [5, 5.41) is 10.8. The highest BCUT2D eigenvalue weighted by atomic mass is 19.1. The van der Waals surface area contributed by atoms with Crippen LogP contribution < -0.4 is 0 Å². The Bertz CT molecular complexity index is 749. The minimum Gasteiger partial charge on any atom is -0.366 e. The molecule has 5 heteroatoms. The largest absolute Gasteiger partial charge is 0.366 e. The Balaban J connectivity index is 1.41. The van der Waals surface area contributed by atoms with E-state index in [4.69, 9.17) is 14.2 Å². The van der Waals surface area contributed by atoms with Gasteiger partial charge in [-0.2, -0.15) is 0 Å². The first kappa shape index (κ1) is 19.0. The van der Waals surface area contributed by atoms with E-state index in [-0.39, 0.29) is 23.4 Å². The fourth-order valence-electron chi connectivity index (χ4n) is 6.69. The van der Waals surface area contributed by atoms with Gasteiger partial charge in [-0.1, -0.05) is 32.4 Å².